The molecule has 0 aliphatic heterocycles. The Labute approximate surface area is 131 Å². The van der Waals surface area contributed by atoms with Crippen molar-refractivity contribution in [2.45, 2.75) is 32.7 Å². The van der Waals surface area contributed by atoms with Crippen LogP contribution >= 0.6 is 0 Å². The number of carbonyl (C=O) groups excluding carboxylic acids is 2. The number of rotatable bonds is 6. The summed E-state index contributed by atoms with van der Waals surface area (Å²) in [5, 5.41) is 3.08. The second-order valence-electron chi connectivity index (χ2n) is 5.36. The van der Waals surface area contributed by atoms with Crippen molar-refractivity contribution >= 4 is 11.7 Å². The predicted molar refractivity (Wildman–Crippen MR) is 88.0 cm³/mol. The third-order valence-electron chi connectivity index (χ3n) is 3.64. The maximum absolute atomic E-state index is 12.4. The monoisotopic (exact) mass is 295 g/mol. The summed E-state index contributed by atoms with van der Waals surface area (Å²) in [6, 6.07) is 16.8. The van der Waals surface area contributed by atoms with Crippen LogP contribution in [-0.2, 0) is 0 Å². The fraction of sp³-hybridized carbons (Fsp3) is 0.263. The molecule has 0 heterocycles. The average molecular weight is 295 g/mol. The second-order valence-corrected chi connectivity index (χ2v) is 5.36. The van der Waals surface area contributed by atoms with Crippen LogP contribution in [0.25, 0.3) is 0 Å². The van der Waals surface area contributed by atoms with E-state index in [4.69, 9.17) is 0 Å². The Morgan fingerprint density at radius 2 is 1.55 bits per heavy atom. The van der Waals surface area contributed by atoms with E-state index in [0.717, 1.165) is 18.4 Å². The smallest absolute Gasteiger partial charge is 0.251 e. The molecule has 0 aromatic heterocycles. The first-order chi connectivity index (χ1) is 10.6. The molecule has 1 N–H and O–H groups in total. The van der Waals surface area contributed by atoms with Crippen LogP contribution in [0.2, 0.25) is 0 Å². The lowest BCUT2D eigenvalue weighted by atomic mass is 10.0. The van der Waals surface area contributed by atoms with Gasteiger partial charge in [-0.3, -0.25) is 9.59 Å². The molecule has 0 bridgehead atoms. The van der Waals surface area contributed by atoms with Gasteiger partial charge in [0.05, 0.1) is 6.04 Å². The number of benzene rings is 2. The number of ketones is 1. The molecular weight excluding hydrogens is 274 g/mol. The van der Waals surface area contributed by atoms with Crippen LogP contribution in [0.3, 0.4) is 0 Å². The van der Waals surface area contributed by atoms with Crippen LogP contribution in [-0.4, -0.2) is 11.7 Å². The normalized spacial score (nSPS) is 11.7. The van der Waals surface area contributed by atoms with Gasteiger partial charge in [0.15, 0.2) is 5.78 Å². The molecule has 0 saturated carbocycles. The average Bonchev–Trinajstić information content (AvgIpc) is 2.55. The third kappa shape index (κ3) is 4.04. The molecule has 3 heteroatoms. The topological polar surface area (TPSA) is 46.2 Å². The van der Waals surface area contributed by atoms with E-state index in [9.17, 15) is 9.59 Å². The molecule has 2 aromatic carbocycles. The number of carbonyl (C=O) groups is 2. The van der Waals surface area contributed by atoms with Gasteiger partial charge in [0.2, 0.25) is 0 Å². The summed E-state index contributed by atoms with van der Waals surface area (Å²) in [7, 11) is 0. The molecule has 0 saturated heterocycles. The maximum atomic E-state index is 12.4. The molecule has 2 aromatic rings. The number of nitrogens with one attached hydrogen (secondary N) is 1. The zero-order valence-electron chi connectivity index (χ0n) is 13.0. The maximum Gasteiger partial charge on any atom is 0.251 e. The lowest BCUT2D eigenvalue weighted by molar-refractivity contribution is 0.0932. The minimum Gasteiger partial charge on any atom is -0.345 e. The van der Waals surface area contributed by atoms with E-state index >= 15 is 0 Å². The second kappa shape index (κ2) is 7.55. The van der Waals surface area contributed by atoms with E-state index < -0.39 is 0 Å². The number of amides is 1. The van der Waals surface area contributed by atoms with Crippen molar-refractivity contribution in [2.24, 2.45) is 0 Å². The molecule has 114 valence electrons. The van der Waals surface area contributed by atoms with E-state index in [-0.39, 0.29) is 17.7 Å². The van der Waals surface area contributed by atoms with E-state index in [2.05, 4.69) is 12.2 Å². The van der Waals surface area contributed by atoms with Crippen molar-refractivity contribution in [3.8, 4) is 0 Å². The van der Waals surface area contributed by atoms with E-state index in [1.54, 1.807) is 24.3 Å². The van der Waals surface area contributed by atoms with Crippen LogP contribution in [0, 0.1) is 0 Å². The zero-order valence-corrected chi connectivity index (χ0v) is 13.0. The summed E-state index contributed by atoms with van der Waals surface area (Å²) in [5.41, 5.74) is 2.30. The van der Waals surface area contributed by atoms with Crippen LogP contribution in [0.15, 0.2) is 54.6 Å². The first-order valence-corrected chi connectivity index (χ1v) is 7.58. The molecule has 0 spiro atoms. The van der Waals surface area contributed by atoms with Crippen LogP contribution in [0.1, 0.15) is 59.0 Å². The van der Waals surface area contributed by atoms with E-state index in [0.29, 0.717) is 11.1 Å². The summed E-state index contributed by atoms with van der Waals surface area (Å²) in [5.74, 6) is -0.113. The highest BCUT2D eigenvalue weighted by Gasteiger charge is 2.15. The van der Waals surface area contributed by atoms with Gasteiger partial charge < -0.3 is 5.32 Å². The van der Waals surface area contributed by atoms with Gasteiger partial charge in [-0.1, -0.05) is 55.8 Å². The first-order valence-electron chi connectivity index (χ1n) is 7.58. The molecule has 0 aliphatic rings. The van der Waals surface area contributed by atoms with Crippen LogP contribution in [0.5, 0.6) is 0 Å². The van der Waals surface area contributed by atoms with Crippen molar-refractivity contribution in [1.82, 2.24) is 5.32 Å². The summed E-state index contributed by atoms with van der Waals surface area (Å²) in [4.78, 5) is 23.7. The van der Waals surface area contributed by atoms with Gasteiger partial charge in [0.1, 0.15) is 0 Å². The number of hydrogen-bond donors (Lipinski definition) is 1. The summed E-state index contributed by atoms with van der Waals surface area (Å²) in [6.07, 6.45) is 1.88. The Balaban J connectivity index is 2.12. The van der Waals surface area contributed by atoms with Gasteiger partial charge >= 0.3 is 0 Å². The SMILES string of the molecule is CCC[C@@H](NC(=O)c1ccc(C(C)=O)cc1)c1ccccc1. The standard InChI is InChI=1S/C19H21NO2/c1-3-7-18(16-8-5-4-6-9-16)20-19(22)17-12-10-15(11-13-17)14(2)21/h4-6,8-13,18H,3,7H2,1-2H3,(H,20,22)/t18-/m1/s1. The molecule has 0 aliphatic carbocycles. The molecule has 3 nitrogen and oxygen atoms in total. The largest absolute Gasteiger partial charge is 0.345 e. The minimum atomic E-state index is -0.114. The lowest BCUT2D eigenvalue weighted by Crippen LogP contribution is -2.28. The number of hydrogen-bond acceptors (Lipinski definition) is 2. The molecule has 0 radical (unpaired) electrons. The van der Waals surface area contributed by atoms with Crippen LogP contribution in [0.4, 0.5) is 0 Å². The highest BCUT2D eigenvalue weighted by Crippen LogP contribution is 2.19. The predicted octanol–water partition coefficient (Wildman–Crippen LogP) is 4.16. The summed E-state index contributed by atoms with van der Waals surface area (Å²) >= 11 is 0. The van der Waals surface area contributed by atoms with Gasteiger partial charge in [-0.2, -0.15) is 0 Å². The van der Waals surface area contributed by atoms with Crippen molar-refractivity contribution in [1.29, 1.82) is 0 Å². The molecule has 0 fully saturated rings. The Kier molecular flexibility index (Phi) is 5.48. The Hall–Kier alpha value is -2.42. The highest BCUT2D eigenvalue weighted by atomic mass is 16.1. The highest BCUT2D eigenvalue weighted by molar-refractivity contribution is 5.97. The lowest BCUT2D eigenvalue weighted by Gasteiger charge is -2.18. The summed E-state index contributed by atoms with van der Waals surface area (Å²) in [6.45, 7) is 3.62. The van der Waals surface area contributed by atoms with Crippen molar-refractivity contribution in [3.05, 3.63) is 71.3 Å². The molecular formula is C19H21NO2. The molecule has 0 unspecified atom stereocenters. The molecule has 2 rings (SSSR count). The van der Waals surface area contributed by atoms with Gasteiger partial charge in [-0.15, -0.1) is 0 Å². The van der Waals surface area contributed by atoms with E-state index in [1.807, 2.05) is 30.3 Å². The van der Waals surface area contributed by atoms with Crippen molar-refractivity contribution < 1.29 is 9.59 Å². The van der Waals surface area contributed by atoms with Gasteiger partial charge in [-0.05, 0) is 31.0 Å². The number of Topliss-reactive ketones (excluding diaryl/α,β-unsaturated/α-hetero) is 1. The fourth-order valence-corrected chi connectivity index (χ4v) is 2.39. The van der Waals surface area contributed by atoms with E-state index in [1.165, 1.54) is 6.92 Å². The Bertz CT molecular complexity index is 632. The Morgan fingerprint density at radius 1 is 0.955 bits per heavy atom. The molecule has 1 amide bonds. The van der Waals surface area contributed by atoms with Gasteiger partial charge in [0, 0.05) is 11.1 Å². The van der Waals surface area contributed by atoms with Gasteiger partial charge in [-0.25, -0.2) is 0 Å². The Morgan fingerprint density at radius 3 is 2.09 bits per heavy atom. The summed E-state index contributed by atoms with van der Waals surface area (Å²) < 4.78 is 0. The quantitative estimate of drug-likeness (QED) is 0.813. The fourth-order valence-electron chi connectivity index (χ4n) is 2.39. The third-order valence-corrected chi connectivity index (χ3v) is 3.64. The minimum absolute atomic E-state index is 0.0000956. The zero-order chi connectivity index (χ0) is 15.9. The van der Waals surface area contributed by atoms with Crippen LogP contribution < -0.4 is 5.32 Å². The van der Waals surface area contributed by atoms with Crippen molar-refractivity contribution in [2.75, 3.05) is 0 Å². The van der Waals surface area contributed by atoms with Gasteiger partial charge in [0.25, 0.3) is 5.91 Å². The molecule has 22 heavy (non-hydrogen) atoms. The first kappa shape index (κ1) is 16.0. The van der Waals surface area contributed by atoms with Crippen molar-refractivity contribution in [3.63, 3.8) is 0 Å². The molecule has 1 atom stereocenters.